The zero-order valence-electron chi connectivity index (χ0n) is 15.0. The fourth-order valence-electron chi connectivity index (χ4n) is 3.66. The third-order valence-electron chi connectivity index (χ3n) is 5.24. The fraction of sp³-hybridized carbons (Fsp3) is 0.500. The van der Waals surface area contributed by atoms with Gasteiger partial charge in [0.15, 0.2) is 0 Å². The molecular weight excluding hydrogens is 328 g/mol. The molecule has 2 unspecified atom stereocenters. The van der Waals surface area contributed by atoms with Crippen LogP contribution >= 0.6 is 0 Å². The molecule has 2 atom stereocenters. The van der Waals surface area contributed by atoms with Crippen molar-refractivity contribution in [2.24, 2.45) is 11.7 Å². The van der Waals surface area contributed by atoms with Crippen LogP contribution in [0.2, 0.25) is 0 Å². The van der Waals surface area contributed by atoms with Crippen LogP contribution < -0.4 is 5.73 Å². The largest absolute Gasteiger partial charge is 0.379 e. The van der Waals surface area contributed by atoms with Crippen LogP contribution in [0.25, 0.3) is 11.4 Å². The van der Waals surface area contributed by atoms with Crippen LogP contribution in [-0.4, -0.2) is 41.3 Å². The van der Waals surface area contributed by atoms with E-state index in [1.54, 1.807) is 0 Å². The molecule has 1 aromatic heterocycles. The van der Waals surface area contributed by atoms with Gasteiger partial charge in [-0.15, -0.1) is 0 Å². The van der Waals surface area contributed by atoms with Gasteiger partial charge in [-0.25, -0.2) is 0 Å². The first kappa shape index (κ1) is 17.4. The van der Waals surface area contributed by atoms with Crippen molar-refractivity contribution in [3.63, 3.8) is 0 Å². The molecule has 4 rings (SSSR count). The highest BCUT2D eigenvalue weighted by Crippen LogP contribution is 2.30. The normalized spacial score (nSPS) is 22.4. The Balaban J connectivity index is 1.46. The third-order valence-corrected chi connectivity index (χ3v) is 5.24. The van der Waals surface area contributed by atoms with E-state index in [-0.39, 0.29) is 6.04 Å². The lowest BCUT2D eigenvalue weighted by molar-refractivity contribution is 0.0342. The van der Waals surface area contributed by atoms with Crippen LogP contribution in [0.5, 0.6) is 0 Å². The molecule has 0 bridgehead atoms. The lowest BCUT2D eigenvalue weighted by Gasteiger charge is -2.26. The van der Waals surface area contributed by atoms with Gasteiger partial charge in [0.05, 0.1) is 19.3 Å². The number of benzene rings is 1. The number of hydrogen-bond acceptors (Lipinski definition) is 6. The van der Waals surface area contributed by atoms with E-state index >= 15 is 0 Å². The van der Waals surface area contributed by atoms with Crippen molar-refractivity contribution in [1.29, 1.82) is 0 Å². The number of nitrogens with zero attached hydrogens (tertiary/aromatic N) is 3. The summed E-state index contributed by atoms with van der Waals surface area (Å²) in [7, 11) is 0. The molecule has 6 heteroatoms. The Morgan fingerprint density at radius 1 is 1.23 bits per heavy atom. The number of morpholine rings is 1. The van der Waals surface area contributed by atoms with Crippen molar-refractivity contribution in [3.8, 4) is 11.4 Å². The lowest BCUT2D eigenvalue weighted by Crippen LogP contribution is -2.35. The molecule has 0 saturated carbocycles. The van der Waals surface area contributed by atoms with Crippen LogP contribution in [-0.2, 0) is 11.3 Å². The standard InChI is InChI=1S/C20H26N4O2/c21-18(16-6-2-1-3-7-16)20-22-19(23-26-20)17-8-4-5-15(13-17)14-24-9-11-25-12-10-24/h1-2,4-5,8,13,16,18H,3,6-7,9-12,14,21H2. The molecular formula is C20H26N4O2. The van der Waals surface area contributed by atoms with Crippen LogP contribution in [0, 0.1) is 5.92 Å². The monoisotopic (exact) mass is 354 g/mol. The molecule has 2 aromatic rings. The Bertz CT molecular complexity index is 752. The Hall–Kier alpha value is -2.02. The average Bonchev–Trinajstić information content (AvgIpc) is 3.19. The van der Waals surface area contributed by atoms with Crippen LogP contribution in [0.4, 0.5) is 0 Å². The van der Waals surface area contributed by atoms with Crippen molar-refractivity contribution in [1.82, 2.24) is 15.0 Å². The maximum absolute atomic E-state index is 6.37. The van der Waals surface area contributed by atoms with Crippen molar-refractivity contribution >= 4 is 0 Å². The van der Waals surface area contributed by atoms with Crippen molar-refractivity contribution in [2.45, 2.75) is 31.8 Å². The summed E-state index contributed by atoms with van der Waals surface area (Å²) in [5, 5.41) is 4.17. The number of ether oxygens (including phenoxy) is 1. The second kappa shape index (κ2) is 8.12. The van der Waals surface area contributed by atoms with Gasteiger partial charge in [0.1, 0.15) is 0 Å². The first-order valence-corrected chi connectivity index (χ1v) is 9.43. The minimum Gasteiger partial charge on any atom is -0.379 e. The van der Waals surface area contributed by atoms with Crippen molar-refractivity contribution < 1.29 is 9.26 Å². The summed E-state index contributed by atoms with van der Waals surface area (Å²) < 4.78 is 10.9. The first-order chi connectivity index (χ1) is 12.8. The number of nitrogens with two attached hydrogens (primary N) is 1. The molecule has 2 N–H and O–H groups in total. The highest BCUT2D eigenvalue weighted by Gasteiger charge is 2.25. The van der Waals surface area contributed by atoms with E-state index in [1.807, 2.05) is 12.1 Å². The summed E-state index contributed by atoms with van der Waals surface area (Å²) in [6, 6.07) is 8.15. The van der Waals surface area contributed by atoms with Gasteiger partial charge < -0.3 is 15.0 Å². The minimum atomic E-state index is -0.197. The molecule has 1 fully saturated rings. The molecule has 2 aliphatic rings. The van der Waals surface area contributed by atoms with Gasteiger partial charge in [-0.1, -0.05) is 35.5 Å². The first-order valence-electron chi connectivity index (χ1n) is 9.43. The zero-order chi connectivity index (χ0) is 17.8. The van der Waals surface area contributed by atoms with E-state index in [1.165, 1.54) is 5.56 Å². The molecule has 1 aliphatic heterocycles. The molecule has 0 radical (unpaired) electrons. The minimum absolute atomic E-state index is 0.197. The van der Waals surface area contributed by atoms with E-state index in [0.717, 1.165) is 57.7 Å². The van der Waals surface area contributed by atoms with Gasteiger partial charge in [0, 0.05) is 25.2 Å². The van der Waals surface area contributed by atoms with Gasteiger partial charge in [0.25, 0.3) is 0 Å². The van der Waals surface area contributed by atoms with E-state index in [2.05, 4.69) is 39.3 Å². The summed E-state index contributed by atoms with van der Waals surface area (Å²) >= 11 is 0. The predicted molar refractivity (Wildman–Crippen MR) is 99.2 cm³/mol. The van der Waals surface area contributed by atoms with E-state index in [4.69, 9.17) is 15.0 Å². The highest BCUT2D eigenvalue weighted by atomic mass is 16.5. The van der Waals surface area contributed by atoms with Gasteiger partial charge >= 0.3 is 0 Å². The molecule has 1 saturated heterocycles. The van der Waals surface area contributed by atoms with Crippen LogP contribution in [0.15, 0.2) is 40.9 Å². The second-order valence-corrected chi connectivity index (χ2v) is 7.12. The zero-order valence-corrected chi connectivity index (χ0v) is 15.0. The van der Waals surface area contributed by atoms with Crippen LogP contribution in [0.1, 0.15) is 36.8 Å². The number of aromatic nitrogens is 2. The van der Waals surface area contributed by atoms with Crippen LogP contribution in [0.3, 0.4) is 0 Å². The summed E-state index contributed by atoms with van der Waals surface area (Å²) in [5.74, 6) is 1.53. The van der Waals surface area contributed by atoms with Gasteiger partial charge in [0.2, 0.25) is 11.7 Å². The van der Waals surface area contributed by atoms with Crippen molar-refractivity contribution in [2.75, 3.05) is 26.3 Å². The van der Waals surface area contributed by atoms with E-state index in [9.17, 15) is 0 Å². The molecule has 0 amide bonds. The lowest BCUT2D eigenvalue weighted by atomic mass is 9.88. The smallest absolute Gasteiger partial charge is 0.244 e. The highest BCUT2D eigenvalue weighted by molar-refractivity contribution is 5.55. The summed E-state index contributed by atoms with van der Waals surface area (Å²) in [6.07, 6.45) is 7.53. The SMILES string of the molecule is NC(c1nc(-c2cccc(CN3CCOCC3)c2)no1)C1CC=CCC1. The van der Waals surface area contributed by atoms with Crippen molar-refractivity contribution in [3.05, 3.63) is 47.9 Å². The van der Waals surface area contributed by atoms with Gasteiger partial charge in [-0.3, -0.25) is 4.90 Å². The molecule has 1 aromatic carbocycles. The summed E-state index contributed by atoms with van der Waals surface area (Å²) in [6.45, 7) is 4.47. The van der Waals surface area contributed by atoms with Gasteiger partial charge in [-0.05, 0) is 36.8 Å². The summed E-state index contributed by atoms with van der Waals surface area (Å²) in [4.78, 5) is 6.98. The third kappa shape index (κ3) is 4.03. The Morgan fingerprint density at radius 2 is 2.12 bits per heavy atom. The Morgan fingerprint density at radius 3 is 2.92 bits per heavy atom. The maximum Gasteiger partial charge on any atom is 0.244 e. The fourth-order valence-corrected chi connectivity index (χ4v) is 3.66. The molecule has 6 nitrogen and oxygen atoms in total. The maximum atomic E-state index is 6.37. The molecule has 2 heterocycles. The van der Waals surface area contributed by atoms with Gasteiger partial charge in [-0.2, -0.15) is 4.98 Å². The number of rotatable bonds is 5. The predicted octanol–water partition coefficient (Wildman–Crippen LogP) is 2.92. The molecule has 26 heavy (non-hydrogen) atoms. The summed E-state index contributed by atoms with van der Waals surface area (Å²) in [5.41, 5.74) is 8.59. The average molecular weight is 354 g/mol. The number of hydrogen-bond donors (Lipinski definition) is 1. The quantitative estimate of drug-likeness (QED) is 0.832. The Kier molecular flexibility index (Phi) is 5.43. The molecule has 0 spiro atoms. The van der Waals surface area contributed by atoms with E-state index < -0.39 is 0 Å². The number of allylic oxidation sites excluding steroid dienone is 2. The Labute approximate surface area is 154 Å². The molecule has 138 valence electrons. The van der Waals surface area contributed by atoms with E-state index in [0.29, 0.717) is 17.6 Å². The topological polar surface area (TPSA) is 77.4 Å². The molecule has 1 aliphatic carbocycles. The second-order valence-electron chi connectivity index (χ2n) is 7.12.